The first kappa shape index (κ1) is 15.4. The Morgan fingerprint density at radius 2 is 2.11 bits per heavy atom. The Morgan fingerprint density at radius 3 is 2.61 bits per heavy atom. The molecule has 6 nitrogen and oxygen atoms in total. The molecular weight excluding hydrogens is 256 g/mol. The molecule has 1 aliphatic heterocycles. The van der Waals surface area contributed by atoms with Crippen LogP contribution in [-0.4, -0.2) is 55.3 Å². The van der Waals surface area contributed by atoms with Gasteiger partial charge in [-0.05, 0) is 24.7 Å². The van der Waals surface area contributed by atoms with Crippen LogP contribution in [0.3, 0.4) is 0 Å². The zero-order chi connectivity index (χ0) is 13.9. The molecule has 7 heteroatoms. The second kappa shape index (κ2) is 5.99. The van der Waals surface area contributed by atoms with Crippen molar-refractivity contribution in [2.24, 2.45) is 11.8 Å². The van der Waals surface area contributed by atoms with Crippen molar-refractivity contribution >= 4 is 16.2 Å². The van der Waals surface area contributed by atoms with Crippen LogP contribution in [0, 0.1) is 11.8 Å². The van der Waals surface area contributed by atoms with Gasteiger partial charge < -0.3 is 5.11 Å². The first-order valence-electron chi connectivity index (χ1n) is 6.14. The maximum atomic E-state index is 12.0. The smallest absolute Gasteiger partial charge is 0.303 e. The summed E-state index contributed by atoms with van der Waals surface area (Å²) in [6.45, 7) is 2.83. The molecule has 0 aromatic carbocycles. The van der Waals surface area contributed by atoms with Gasteiger partial charge in [0.2, 0.25) is 0 Å². The maximum absolute atomic E-state index is 12.0. The van der Waals surface area contributed by atoms with E-state index in [1.807, 2.05) is 6.92 Å². The van der Waals surface area contributed by atoms with Crippen molar-refractivity contribution in [2.45, 2.75) is 26.2 Å². The van der Waals surface area contributed by atoms with Gasteiger partial charge in [0.25, 0.3) is 10.2 Å². The fourth-order valence-electron chi connectivity index (χ4n) is 2.32. The molecule has 0 amide bonds. The Balaban J connectivity index is 2.70. The van der Waals surface area contributed by atoms with Crippen molar-refractivity contribution in [2.75, 3.05) is 27.2 Å². The largest absolute Gasteiger partial charge is 0.481 e. The van der Waals surface area contributed by atoms with Crippen LogP contribution in [0.15, 0.2) is 0 Å². The molecule has 0 aromatic heterocycles. The summed E-state index contributed by atoms with van der Waals surface area (Å²) in [4.78, 5) is 10.7. The van der Waals surface area contributed by atoms with E-state index < -0.39 is 16.2 Å². The predicted molar refractivity (Wildman–Crippen MR) is 68.3 cm³/mol. The predicted octanol–water partition coefficient (Wildman–Crippen LogP) is 0.616. The molecule has 2 atom stereocenters. The van der Waals surface area contributed by atoms with Crippen molar-refractivity contribution in [1.82, 2.24) is 8.61 Å². The van der Waals surface area contributed by atoms with Gasteiger partial charge in [-0.3, -0.25) is 4.79 Å². The standard InChI is InChI=1S/C11H22N2O4S/c1-9(7-11(14)15)10-5-4-6-13(8-10)18(16,17)12(2)3/h9-10H,4-8H2,1-3H3,(H,14,15). The molecule has 0 aliphatic carbocycles. The Kier molecular flexibility index (Phi) is 5.12. The highest BCUT2D eigenvalue weighted by molar-refractivity contribution is 7.86. The van der Waals surface area contributed by atoms with E-state index in [0.717, 1.165) is 12.8 Å². The van der Waals surface area contributed by atoms with Crippen LogP contribution < -0.4 is 0 Å². The topological polar surface area (TPSA) is 77.9 Å². The fourth-order valence-corrected chi connectivity index (χ4v) is 3.52. The summed E-state index contributed by atoms with van der Waals surface area (Å²) in [5, 5.41) is 8.79. The quantitative estimate of drug-likeness (QED) is 0.799. The molecule has 0 bridgehead atoms. The first-order valence-corrected chi connectivity index (χ1v) is 7.54. The average molecular weight is 278 g/mol. The SMILES string of the molecule is CC(CC(=O)O)C1CCCN(S(=O)(=O)N(C)C)C1. The molecule has 0 saturated carbocycles. The van der Waals surface area contributed by atoms with Crippen molar-refractivity contribution < 1.29 is 18.3 Å². The highest BCUT2D eigenvalue weighted by Crippen LogP contribution is 2.27. The zero-order valence-electron chi connectivity index (χ0n) is 11.2. The van der Waals surface area contributed by atoms with E-state index >= 15 is 0 Å². The molecule has 0 spiro atoms. The maximum Gasteiger partial charge on any atom is 0.303 e. The van der Waals surface area contributed by atoms with E-state index in [4.69, 9.17) is 5.11 Å². The lowest BCUT2D eigenvalue weighted by atomic mass is 9.85. The third-order valence-corrected chi connectivity index (χ3v) is 5.42. The van der Waals surface area contributed by atoms with Gasteiger partial charge in [0.05, 0.1) is 0 Å². The molecule has 1 rings (SSSR count). The van der Waals surface area contributed by atoms with Crippen molar-refractivity contribution in [1.29, 1.82) is 0 Å². The van der Waals surface area contributed by atoms with Gasteiger partial charge in [0, 0.05) is 33.6 Å². The zero-order valence-corrected chi connectivity index (χ0v) is 12.0. The summed E-state index contributed by atoms with van der Waals surface area (Å²) in [5.74, 6) is -0.692. The molecule has 1 aliphatic rings. The minimum atomic E-state index is -3.38. The van der Waals surface area contributed by atoms with E-state index in [-0.39, 0.29) is 18.3 Å². The molecule has 0 aromatic rings. The van der Waals surface area contributed by atoms with Gasteiger partial charge in [-0.2, -0.15) is 17.0 Å². The van der Waals surface area contributed by atoms with Crippen LogP contribution in [0.1, 0.15) is 26.2 Å². The minimum absolute atomic E-state index is 0.00247. The summed E-state index contributed by atoms with van der Waals surface area (Å²) in [6.07, 6.45) is 1.79. The number of hydrogen-bond donors (Lipinski definition) is 1. The number of nitrogens with zero attached hydrogens (tertiary/aromatic N) is 2. The van der Waals surface area contributed by atoms with Crippen molar-refractivity contribution in [3.05, 3.63) is 0 Å². The summed E-state index contributed by atoms with van der Waals surface area (Å²) >= 11 is 0. The van der Waals surface area contributed by atoms with Gasteiger partial charge in [-0.15, -0.1) is 0 Å². The molecule has 2 unspecified atom stereocenters. The minimum Gasteiger partial charge on any atom is -0.481 e. The van der Waals surface area contributed by atoms with E-state index in [9.17, 15) is 13.2 Å². The number of rotatable bonds is 5. The van der Waals surface area contributed by atoms with Gasteiger partial charge in [0.15, 0.2) is 0 Å². The first-order chi connectivity index (χ1) is 8.25. The Hall–Kier alpha value is -0.660. The normalized spacial score (nSPS) is 24.1. The highest BCUT2D eigenvalue weighted by Gasteiger charge is 2.32. The van der Waals surface area contributed by atoms with Gasteiger partial charge in [-0.1, -0.05) is 6.92 Å². The highest BCUT2D eigenvalue weighted by atomic mass is 32.2. The second-order valence-electron chi connectivity index (χ2n) is 5.13. The van der Waals surface area contributed by atoms with Crippen LogP contribution >= 0.6 is 0 Å². The van der Waals surface area contributed by atoms with Crippen LogP contribution in [-0.2, 0) is 15.0 Å². The number of aliphatic carboxylic acids is 1. The molecule has 1 saturated heterocycles. The molecule has 1 heterocycles. The van der Waals surface area contributed by atoms with Crippen LogP contribution in [0.5, 0.6) is 0 Å². The van der Waals surface area contributed by atoms with Crippen LogP contribution in [0.2, 0.25) is 0 Å². The molecule has 0 radical (unpaired) electrons. The summed E-state index contributed by atoms with van der Waals surface area (Å²) in [6, 6.07) is 0. The van der Waals surface area contributed by atoms with E-state index in [1.165, 1.54) is 22.7 Å². The number of carboxylic acid groups (broad SMARTS) is 1. The van der Waals surface area contributed by atoms with Crippen molar-refractivity contribution in [3.63, 3.8) is 0 Å². The number of carboxylic acids is 1. The summed E-state index contributed by atoms with van der Waals surface area (Å²) in [5.41, 5.74) is 0. The monoisotopic (exact) mass is 278 g/mol. The second-order valence-corrected chi connectivity index (χ2v) is 7.27. The van der Waals surface area contributed by atoms with E-state index in [1.54, 1.807) is 0 Å². The van der Waals surface area contributed by atoms with Gasteiger partial charge >= 0.3 is 5.97 Å². The lowest BCUT2D eigenvalue weighted by Crippen LogP contribution is -2.46. The van der Waals surface area contributed by atoms with Crippen LogP contribution in [0.4, 0.5) is 0 Å². The summed E-state index contributed by atoms with van der Waals surface area (Å²) < 4.78 is 26.7. The number of carbonyl (C=O) groups is 1. The van der Waals surface area contributed by atoms with E-state index in [0.29, 0.717) is 13.1 Å². The third kappa shape index (κ3) is 3.66. The lowest BCUT2D eigenvalue weighted by molar-refractivity contribution is -0.138. The number of piperidine rings is 1. The lowest BCUT2D eigenvalue weighted by Gasteiger charge is -2.35. The number of hydrogen-bond acceptors (Lipinski definition) is 3. The average Bonchev–Trinajstić information content (AvgIpc) is 2.28. The van der Waals surface area contributed by atoms with Gasteiger partial charge in [-0.25, -0.2) is 0 Å². The molecule has 1 N–H and O–H groups in total. The van der Waals surface area contributed by atoms with Crippen molar-refractivity contribution in [3.8, 4) is 0 Å². The molecule has 1 fully saturated rings. The third-order valence-electron chi connectivity index (χ3n) is 3.51. The van der Waals surface area contributed by atoms with Crippen LogP contribution in [0.25, 0.3) is 0 Å². The molecule has 18 heavy (non-hydrogen) atoms. The summed E-state index contributed by atoms with van der Waals surface area (Å²) in [7, 11) is -0.349. The molecule has 106 valence electrons. The van der Waals surface area contributed by atoms with Gasteiger partial charge in [0.1, 0.15) is 0 Å². The fraction of sp³-hybridized carbons (Fsp3) is 0.909. The Morgan fingerprint density at radius 1 is 1.50 bits per heavy atom. The Bertz CT molecular complexity index is 394. The molecular formula is C11H22N2O4S. The Labute approximate surface area is 109 Å². The van der Waals surface area contributed by atoms with E-state index in [2.05, 4.69) is 0 Å².